The van der Waals surface area contributed by atoms with E-state index in [4.69, 9.17) is 0 Å². The highest BCUT2D eigenvalue weighted by molar-refractivity contribution is 6.03. The SMILES string of the molecule is Cn1cc([N+](=O)[O-])cc1C(=O)Nc1nc2ccccc2[nH]1. The first-order chi connectivity index (χ1) is 10.0. The van der Waals surface area contributed by atoms with E-state index >= 15 is 0 Å². The summed E-state index contributed by atoms with van der Waals surface area (Å²) in [6.07, 6.45) is 1.29. The van der Waals surface area contributed by atoms with Gasteiger partial charge in [-0.05, 0) is 12.1 Å². The van der Waals surface area contributed by atoms with Crippen molar-refractivity contribution in [2.75, 3.05) is 5.32 Å². The number of aromatic amines is 1. The number of aromatic nitrogens is 3. The third-order valence-corrected chi connectivity index (χ3v) is 3.06. The van der Waals surface area contributed by atoms with Crippen LogP contribution in [0.1, 0.15) is 10.5 Å². The van der Waals surface area contributed by atoms with Gasteiger partial charge in [-0.3, -0.25) is 20.2 Å². The zero-order valence-corrected chi connectivity index (χ0v) is 11.0. The van der Waals surface area contributed by atoms with Crippen LogP contribution < -0.4 is 5.32 Å². The van der Waals surface area contributed by atoms with E-state index in [1.807, 2.05) is 24.3 Å². The van der Waals surface area contributed by atoms with E-state index in [-0.39, 0.29) is 11.4 Å². The van der Waals surface area contributed by atoms with Crippen LogP contribution in [0, 0.1) is 10.1 Å². The van der Waals surface area contributed by atoms with E-state index in [2.05, 4.69) is 15.3 Å². The predicted octanol–water partition coefficient (Wildman–Crippen LogP) is 2.06. The molecule has 2 aromatic heterocycles. The maximum Gasteiger partial charge on any atom is 0.287 e. The Hall–Kier alpha value is -3.16. The second-order valence-electron chi connectivity index (χ2n) is 4.51. The molecule has 0 aliphatic heterocycles. The number of fused-ring (bicyclic) bond motifs is 1. The molecule has 2 heterocycles. The molecule has 0 saturated heterocycles. The molecule has 1 aromatic carbocycles. The molecule has 0 fully saturated rings. The Morgan fingerprint density at radius 1 is 1.43 bits per heavy atom. The molecule has 0 aliphatic carbocycles. The third-order valence-electron chi connectivity index (χ3n) is 3.06. The van der Waals surface area contributed by atoms with Crippen LogP contribution in [0.2, 0.25) is 0 Å². The number of amides is 1. The highest BCUT2D eigenvalue weighted by Gasteiger charge is 2.18. The van der Waals surface area contributed by atoms with Crippen molar-refractivity contribution in [3.8, 4) is 0 Å². The minimum Gasteiger partial charge on any atom is -0.340 e. The fourth-order valence-electron chi connectivity index (χ4n) is 2.06. The average Bonchev–Trinajstić information content (AvgIpc) is 3.01. The minimum absolute atomic E-state index is 0.132. The second-order valence-corrected chi connectivity index (χ2v) is 4.51. The molecule has 0 bridgehead atoms. The molecule has 0 aliphatic rings. The molecule has 0 saturated carbocycles. The van der Waals surface area contributed by atoms with E-state index in [1.165, 1.54) is 16.8 Å². The summed E-state index contributed by atoms with van der Waals surface area (Å²) < 4.78 is 1.40. The van der Waals surface area contributed by atoms with Gasteiger partial charge in [0, 0.05) is 13.1 Å². The van der Waals surface area contributed by atoms with Gasteiger partial charge in [0.15, 0.2) is 0 Å². The summed E-state index contributed by atoms with van der Waals surface area (Å²) in [4.78, 5) is 29.5. The molecular weight excluding hydrogens is 274 g/mol. The number of hydrogen-bond donors (Lipinski definition) is 2. The number of rotatable bonds is 3. The Morgan fingerprint density at radius 3 is 2.86 bits per heavy atom. The van der Waals surface area contributed by atoms with Gasteiger partial charge in [-0.2, -0.15) is 0 Å². The number of carbonyl (C=O) groups excluding carboxylic acids is 1. The maximum absolute atomic E-state index is 12.1. The van der Waals surface area contributed by atoms with E-state index in [9.17, 15) is 14.9 Å². The van der Waals surface area contributed by atoms with E-state index < -0.39 is 10.8 Å². The van der Waals surface area contributed by atoms with Gasteiger partial charge in [0.2, 0.25) is 5.95 Å². The summed E-state index contributed by atoms with van der Waals surface area (Å²) in [6.45, 7) is 0. The van der Waals surface area contributed by atoms with Crippen molar-refractivity contribution < 1.29 is 9.72 Å². The number of hydrogen-bond acceptors (Lipinski definition) is 4. The van der Waals surface area contributed by atoms with Crippen molar-refractivity contribution in [1.82, 2.24) is 14.5 Å². The number of para-hydroxylation sites is 2. The number of benzene rings is 1. The lowest BCUT2D eigenvalue weighted by atomic mass is 10.3. The lowest BCUT2D eigenvalue weighted by Gasteiger charge is -2.01. The van der Waals surface area contributed by atoms with Crippen molar-refractivity contribution in [3.05, 3.63) is 52.3 Å². The molecule has 3 aromatic rings. The Balaban J connectivity index is 1.87. The van der Waals surface area contributed by atoms with Crippen LogP contribution in [0.25, 0.3) is 11.0 Å². The smallest absolute Gasteiger partial charge is 0.287 e. The number of aryl methyl sites for hydroxylation is 1. The van der Waals surface area contributed by atoms with Crippen molar-refractivity contribution in [3.63, 3.8) is 0 Å². The normalized spacial score (nSPS) is 10.7. The standard InChI is InChI=1S/C13H11N5O3/c1-17-7-8(18(20)21)6-11(17)12(19)16-13-14-9-4-2-3-5-10(9)15-13/h2-7H,1H3,(H2,14,15,16,19). The van der Waals surface area contributed by atoms with Gasteiger partial charge in [-0.1, -0.05) is 12.1 Å². The van der Waals surface area contributed by atoms with Crippen molar-refractivity contribution in [1.29, 1.82) is 0 Å². The Kier molecular flexibility index (Phi) is 2.90. The number of carbonyl (C=O) groups is 1. The summed E-state index contributed by atoms with van der Waals surface area (Å²) in [5.41, 5.74) is 1.57. The molecule has 0 atom stereocenters. The summed E-state index contributed by atoms with van der Waals surface area (Å²) in [5.74, 6) is -0.172. The molecule has 8 nitrogen and oxygen atoms in total. The van der Waals surface area contributed by atoms with Gasteiger partial charge in [-0.25, -0.2) is 4.98 Å². The minimum atomic E-state index is -0.544. The molecule has 0 unspecified atom stereocenters. The summed E-state index contributed by atoms with van der Waals surface area (Å²) >= 11 is 0. The molecule has 21 heavy (non-hydrogen) atoms. The molecule has 2 N–H and O–H groups in total. The number of nitrogens with one attached hydrogen (secondary N) is 2. The fraction of sp³-hybridized carbons (Fsp3) is 0.0769. The quantitative estimate of drug-likeness (QED) is 0.567. The predicted molar refractivity (Wildman–Crippen MR) is 76.1 cm³/mol. The van der Waals surface area contributed by atoms with Gasteiger partial charge in [0.25, 0.3) is 11.6 Å². The zero-order valence-electron chi connectivity index (χ0n) is 11.0. The Morgan fingerprint density at radius 2 is 2.19 bits per heavy atom. The topological polar surface area (TPSA) is 106 Å². The fourth-order valence-corrected chi connectivity index (χ4v) is 2.06. The Bertz CT molecular complexity index is 815. The van der Waals surface area contributed by atoms with Crippen LogP contribution in [-0.4, -0.2) is 25.4 Å². The maximum atomic E-state index is 12.1. The molecule has 1 amide bonds. The first kappa shape index (κ1) is 12.9. The number of nitro groups is 1. The summed E-state index contributed by atoms with van der Waals surface area (Å²) in [6, 6.07) is 8.57. The number of anilines is 1. The van der Waals surface area contributed by atoms with Crippen molar-refractivity contribution in [2.24, 2.45) is 7.05 Å². The monoisotopic (exact) mass is 285 g/mol. The van der Waals surface area contributed by atoms with Crippen LogP contribution in [0.5, 0.6) is 0 Å². The largest absolute Gasteiger partial charge is 0.340 e. The highest BCUT2D eigenvalue weighted by atomic mass is 16.6. The number of nitrogens with zero attached hydrogens (tertiary/aromatic N) is 3. The van der Waals surface area contributed by atoms with Gasteiger partial charge in [-0.15, -0.1) is 0 Å². The third kappa shape index (κ3) is 2.34. The van der Waals surface area contributed by atoms with Crippen LogP contribution >= 0.6 is 0 Å². The first-order valence-corrected chi connectivity index (χ1v) is 6.11. The lowest BCUT2D eigenvalue weighted by molar-refractivity contribution is -0.384. The molecule has 3 rings (SSSR count). The van der Waals surface area contributed by atoms with Gasteiger partial charge in [0.1, 0.15) is 5.69 Å². The van der Waals surface area contributed by atoms with Crippen LogP contribution in [-0.2, 0) is 7.05 Å². The van der Waals surface area contributed by atoms with Gasteiger partial charge < -0.3 is 9.55 Å². The molecule has 8 heteroatoms. The highest BCUT2D eigenvalue weighted by Crippen LogP contribution is 2.17. The zero-order chi connectivity index (χ0) is 15.0. The molecule has 0 spiro atoms. The van der Waals surface area contributed by atoms with Gasteiger partial charge in [0.05, 0.1) is 22.2 Å². The number of imidazole rings is 1. The number of H-pyrrole nitrogens is 1. The van der Waals surface area contributed by atoms with E-state index in [0.717, 1.165) is 11.0 Å². The second kappa shape index (κ2) is 4.75. The average molecular weight is 285 g/mol. The summed E-state index contributed by atoms with van der Waals surface area (Å²) in [5, 5.41) is 13.3. The molecular formula is C13H11N5O3. The van der Waals surface area contributed by atoms with Crippen LogP contribution in [0.3, 0.4) is 0 Å². The first-order valence-electron chi connectivity index (χ1n) is 6.11. The van der Waals surface area contributed by atoms with E-state index in [0.29, 0.717) is 5.95 Å². The van der Waals surface area contributed by atoms with Gasteiger partial charge >= 0.3 is 0 Å². The van der Waals surface area contributed by atoms with E-state index in [1.54, 1.807) is 7.05 Å². The Labute approximate surface area is 118 Å². The molecule has 106 valence electrons. The van der Waals surface area contributed by atoms with Crippen molar-refractivity contribution >= 4 is 28.6 Å². The lowest BCUT2D eigenvalue weighted by Crippen LogP contribution is -2.16. The summed E-state index contributed by atoms with van der Waals surface area (Å²) in [7, 11) is 1.57. The molecule has 0 radical (unpaired) electrons. The van der Waals surface area contributed by atoms with Crippen molar-refractivity contribution in [2.45, 2.75) is 0 Å². The van der Waals surface area contributed by atoms with Crippen LogP contribution in [0.15, 0.2) is 36.5 Å². The van der Waals surface area contributed by atoms with Crippen LogP contribution in [0.4, 0.5) is 11.6 Å².